The summed E-state index contributed by atoms with van der Waals surface area (Å²) >= 11 is 0. The molecular formula is C11H15ClN2O. The van der Waals surface area contributed by atoms with E-state index in [1.165, 1.54) is 11.1 Å². The number of benzene rings is 1. The second-order valence-electron chi connectivity index (χ2n) is 3.65. The lowest BCUT2D eigenvalue weighted by Crippen LogP contribution is -2.39. The van der Waals surface area contributed by atoms with Crippen molar-refractivity contribution in [3.05, 3.63) is 35.4 Å². The molecule has 0 saturated carbocycles. The zero-order valence-electron chi connectivity index (χ0n) is 8.40. The maximum atomic E-state index is 11.1. The number of hydrogen-bond acceptors (Lipinski definition) is 2. The number of halogens is 1. The summed E-state index contributed by atoms with van der Waals surface area (Å²) in [6.45, 7) is 0.0762. The van der Waals surface area contributed by atoms with Crippen molar-refractivity contribution in [3.8, 4) is 0 Å². The quantitative estimate of drug-likeness (QED) is 0.778. The monoisotopic (exact) mass is 226 g/mol. The van der Waals surface area contributed by atoms with Gasteiger partial charge in [0.15, 0.2) is 0 Å². The topological polar surface area (TPSA) is 55.1 Å². The highest BCUT2D eigenvalue weighted by Crippen LogP contribution is 2.21. The van der Waals surface area contributed by atoms with Crippen LogP contribution in [0.5, 0.6) is 0 Å². The van der Waals surface area contributed by atoms with Gasteiger partial charge in [-0.1, -0.05) is 24.3 Å². The number of carbonyl (C=O) groups excluding carboxylic acids is 1. The number of nitrogens with two attached hydrogens (primary N) is 1. The molecule has 2 rings (SSSR count). The molecule has 0 aliphatic heterocycles. The van der Waals surface area contributed by atoms with Crippen molar-refractivity contribution in [2.75, 3.05) is 6.54 Å². The molecule has 0 saturated heterocycles. The van der Waals surface area contributed by atoms with E-state index in [1.807, 2.05) is 12.1 Å². The van der Waals surface area contributed by atoms with Gasteiger partial charge >= 0.3 is 0 Å². The van der Waals surface area contributed by atoms with Crippen molar-refractivity contribution in [3.63, 3.8) is 0 Å². The normalized spacial score (nSPS) is 14.2. The molecule has 0 radical (unpaired) electrons. The van der Waals surface area contributed by atoms with Gasteiger partial charge in [-0.3, -0.25) is 4.79 Å². The van der Waals surface area contributed by atoms with Crippen LogP contribution in [-0.2, 0) is 17.6 Å². The van der Waals surface area contributed by atoms with E-state index in [4.69, 9.17) is 5.73 Å². The average molecular weight is 227 g/mol. The molecule has 1 amide bonds. The van der Waals surface area contributed by atoms with Crippen LogP contribution in [-0.4, -0.2) is 18.5 Å². The highest BCUT2D eigenvalue weighted by atomic mass is 35.5. The summed E-state index contributed by atoms with van der Waals surface area (Å²) < 4.78 is 0. The summed E-state index contributed by atoms with van der Waals surface area (Å²) in [5.74, 6) is -0.0668. The third-order valence-corrected chi connectivity index (χ3v) is 2.60. The minimum atomic E-state index is -0.0668. The molecule has 15 heavy (non-hydrogen) atoms. The first kappa shape index (κ1) is 12.0. The molecule has 1 aromatic carbocycles. The average Bonchev–Trinajstić information content (AvgIpc) is 2.59. The molecular weight excluding hydrogens is 212 g/mol. The van der Waals surface area contributed by atoms with Crippen LogP contribution in [0.15, 0.2) is 24.3 Å². The SMILES string of the molecule is Cl.NCC(=O)NC1Cc2ccccc2C1. The van der Waals surface area contributed by atoms with Gasteiger partial charge in [-0.15, -0.1) is 12.4 Å². The molecule has 0 spiro atoms. The van der Waals surface area contributed by atoms with Crippen LogP contribution in [0.2, 0.25) is 0 Å². The molecule has 1 aliphatic carbocycles. The summed E-state index contributed by atoms with van der Waals surface area (Å²) in [6, 6.07) is 8.54. The number of nitrogens with one attached hydrogen (secondary N) is 1. The number of carbonyl (C=O) groups is 1. The summed E-state index contributed by atoms with van der Waals surface area (Å²) in [7, 11) is 0. The molecule has 0 unspecified atom stereocenters. The van der Waals surface area contributed by atoms with Crippen molar-refractivity contribution in [1.29, 1.82) is 0 Å². The Labute approximate surface area is 95.5 Å². The lowest BCUT2D eigenvalue weighted by atomic mass is 10.1. The number of rotatable bonds is 2. The molecule has 0 bridgehead atoms. The minimum Gasteiger partial charge on any atom is -0.352 e. The molecule has 3 nitrogen and oxygen atoms in total. The van der Waals surface area contributed by atoms with E-state index in [0.29, 0.717) is 0 Å². The van der Waals surface area contributed by atoms with Gasteiger partial charge < -0.3 is 11.1 Å². The summed E-state index contributed by atoms with van der Waals surface area (Å²) in [6.07, 6.45) is 1.86. The second kappa shape index (κ2) is 5.14. The van der Waals surface area contributed by atoms with E-state index >= 15 is 0 Å². The summed E-state index contributed by atoms with van der Waals surface area (Å²) in [5.41, 5.74) is 7.93. The van der Waals surface area contributed by atoms with Gasteiger partial charge in [0, 0.05) is 6.04 Å². The Balaban J connectivity index is 0.00000112. The van der Waals surface area contributed by atoms with Crippen LogP contribution in [0.3, 0.4) is 0 Å². The molecule has 1 aromatic rings. The third kappa shape index (κ3) is 2.70. The maximum Gasteiger partial charge on any atom is 0.233 e. The molecule has 1 aliphatic rings. The van der Waals surface area contributed by atoms with Crippen LogP contribution >= 0.6 is 12.4 Å². The van der Waals surface area contributed by atoms with E-state index in [-0.39, 0.29) is 30.9 Å². The maximum absolute atomic E-state index is 11.1. The molecule has 0 atom stereocenters. The fraction of sp³-hybridized carbons (Fsp3) is 0.364. The Morgan fingerprint density at radius 2 is 1.87 bits per heavy atom. The highest BCUT2D eigenvalue weighted by Gasteiger charge is 2.21. The van der Waals surface area contributed by atoms with Gasteiger partial charge in [0.25, 0.3) is 0 Å². The Morgan fingerprint density at radius 1 is 1.33 bits per heavy atom. The van der Waals surface area contributed by atoms with Gasteiger partial charge in [0.05, 0.1) is 6.54 Å². The third-order valence-electron chi connectivity index (χ3n) is 2.60. The van der Waals surface area contributed by atoms with Gasteiger partial charge in [-0.25, -0.2) is 0 Å². The van der Waals surface area contributed by atoms with Crippen LogP contribution in [0.25, 0.3) is 0 Å². The predicted octanol–water partition coefficient (Wildman–Crippen LogP) is 0.650. The van der Waals surface area contributed by atoms with E-state index in [1.54, 1.807) is 0 Å². The lowest BCUT2D eigenvalue weighted by Gasteiger charge is -2.10. The van der Waals surface area contributed by atoms with Crippen LogP contribution in [0.1, 0.15) is 11.1 Å². The second-order valence-corrected chi connectivity index (χ2v) is 3.65. The first-order valence-corrected chi connectivity index (χ1v) is 4.86. The van der Waals surface area contributed by atoms with Crippen molar-refractivity contribution < 1.29 is 4.79 Å². The highest BCUT2D eigenvalue weighted by molar-refractivity contribution is 5.85. The minimum absolute atomic E-state index is 0. The smallest absolute Gasteiger partial charge is 0.233 e. The lowest BCUT2D eigenvalue weighted by molar-refractivity contribution is -0.120. The molecule has 82 valence electrons. The fourth-order valence-corrected chi connectivity index (χ4v) is 1.95. The molecule has 0 aromatic heterocycles. The Morgan fingerprint density at radius 3 is 2.33 bits per heavy atom. The molecule has 0 fully saturated rings. The Kier molecular flexibility index (Phi) is 4.12. The Hall–Kier alpha value is -1.06. The number of hydrogen-bond donors (Lipinski definition) is 2. The Bertz CT molecular complexity index is 329. The summed E-state index contributed by atoms with van der Waals surface area (Å²) in [5, 5.41) is 2.91. The van der Waals surface area contributed by atoms with Gasteiger partial charge in [0.2, 0.25) is 5.91 Å². The van der Waals surface area contributed by atoms with Crippen molar-refractivity contribution in [1.82, 2.24) is 5.32 Å². The van der Waals surface area contributed by atoms with E-state index in [2.05, 4.69) is 17.4 Å². The van der Waals surface area contributed by atoms with Crippen LogP contribution in [0.4, 0.5) is 0 Å². The summed E-state index contributed by atoms with van der Waals surface area (Å²) in [4.78, 5) is 11.1. The zero-order chi connectivity index (χ0) is 9.97. The first-order valence-electron chi connectivity index (χ1n) is 4.86. The predicted molar refractivity (Wildman–Crippen MR) is 62.1 cm³/mol. The van der Waals surface area contributed by atoms with Gasteiger partial charge in [0.1, 0.15) is 0 Å². The fourth-order valence-electron chi connectivity index (χ4n) is 1.95. The number of amides is 1. The van der Waals surface area contributed by atoms with Crippen molar-refractivity contribution in [2.24, 2.45) is 5.73 Å². The molecule has 4 heteroatoms. The molecule has 0 heterocycles. The molecule has 3 N–H and O–H groups in total. The largest absolute Gasteiger partial charge is 0.352 e. The number of fused-ring (bicyclic) bond motifs is 1. The van der Waals surface area contributed by atoms with Gasteiger partial charge in [-0.2, -0.15) is 0 Å². The van der Waals surface area contributed by atoms with Crippen LogP contribution in [0, 0.1) is 0 Å². The van der Waals surface area contributed by atoms with E-state index < -0.39 is 0 Å². The zero-order valence-corrected chi connectivity index (χ0v) is 9.22. The van der Waals surface area contributed by atoms with Crippen molar-refractivity contribution >= 4 is 18.3 Å². The van der Waals surface area contributed by atoms with Gasteiger partial charge in [-0.05, 0) is 24.0 Å². The first-order chi connectivity index (χ1) is 6.79. The van der Waals surface area contributed by atoms with E-state index in [9.17, 15) is 4.79 Å². The standard InChI is InChI=1S/C11H14N2O.ClH/c12-7-11(14)13-10-5-8-3-1-2-4-9(8)6-10;/h1-4,10H,5-7,12H2,(H,13,14);1H. The van der Waals surface area contributed by atoms with E-state index in [0.717, 1.165) is 12.8 Å². The van der Waals surface area contributed by atoms with Crippen LogP contribution < -0.4 is 11.1 Å². The van der Waals surface area contributed by atoms with Crippen molar-refractivity contribution in [2.45, 2.75) is 18.9 Å².